The second kappa shape index (κ2) is 3.12. The Morgan fingerprint density at radius 1 is 1.50 bits per heavy atom. The van der Waals surface area contributed by atoms with Crippen molar-refractivity contribution in [3.8, 4) is 0 Å². The molecule has 56 valence electrons. The Morgan fingerprint density at radius 3 is 2.60 bits per heavy atom. The molecule has 0 amide bonds. The molecule has 0 aromatic heterocycles. The van der Waals surface area contributed by atoms with Crippen LogP contribution in [0, 0.1) is 0 Å². The lowest BCUT2D eigenvalue weighted by Crippen LogP contribution is -1.96. The summed E-state index contributed by atoms with van der Waals surface area (Å²) in [5.41, 5.74) is 1.27. The van der Waals surface area contributed by atoms with Crippen molar-refractivity contribution in [2.75, 3.05) is 0 Å². The van der Waals surface area contributed by atoms with E-state index in [9.17, 15) is 4.21 Å². The average molecular weight is 158 g/mol. The lowest BCUT2D eigenvalue weighted by atomic mass is 10.1. The third kappa shape index (κ3) is 1.78. The smallest absolute Gasteiger partial charge is 0.182 e. The van der Waals surface area contributed by atoms with Gasteiger partial charge < -0.3 is 4.55 Å². The molecule has 0 fully saturated rings. The highest BCUT2D eigenvalue weighted by Crippen LogP contribution is 2.18. The van der Waals surface area contributed by atoms with Crippen molar-refractivity contribution in [3.63, 3.8) is 0 Å². The van der Waals surface area contributed by atoms with E-state index in [-0.39, 0.29) is 0 Å². The topological polar surface area (TPSA) is 37.3 Å². The van der Waals surface area contributed by atoms with Crippen molar-refractivity contribution in [2.24, 2.45) is 0 Å². The van der Waals surface area contributed by atoms with Gasteiger partial charge in [-0.3, -0.25) is 0 Å². The summed E-state index contributed by atoms with van der Waals surface area (Å²) < 4.78 is 19.1. The Balaban J connectivity index is 2.74. The molecule has 10 heavy (non-hydrogen) atoms. The summed E-state index contributed by atoms with van der Waals surface area (Å²) in [6.45, 7) is 2.02. The van der Waals surface area contributed by atoms with Gasteiger partial charge in [0, 0.05) is 4.91 Å². The molecule has 0 saturated carbocycles. The first-order chi connectivity index (χ1) is 4.70. The van der Waals surface area contributed by atoms with Crippen LogP contribution < -0.4 is 0 Å². The molecule has 0 radical (unpaired) electrons. The third-order valence-corrected chi connectivity index (χ3v) is 2.33. The van der Waals surface area contributed by atoms with Gasteiger partial charge in [-0.2, -0.15) is 0 Å². The first kappa shape index (κ1) is 7.69. The van der Waals surface area contributed by atoms with Gasteiger partial charge in [-0.25, -0.2) is 4.21 Å². The van der Waals surface area contributed by atoms with Crippen LogP contribution in [0.4, 0.5) is 0 Å². The molecule has 0 saturated heterocycles. The van der Waals surface area contributed by atoms with Gasteiger partial charge in [-0.1, -0.05) is 11.6 Å². The van der Waals surface area contributed by atoms with Gasteiger partial charge in [-0.15, -0.1) is 0 Å². The molecule has 0 heterocycles. The number of hydrogen-bond acceptors (Lipinski definition) is 1. The zero-order valence-corrected chi connectivity index (χ0v) is 6.65. The molecule has 1 rings (SSSR count). The van der Waals surface area contributed by atoms with Crippen LogP contribution in [0.5, 0.6) is 0 Å². The summed E-state index contributed by atoms with van der Waals surface area (Å²) in [5, 5.41) is 0. The maximum atomic E-state index is 10.5. The second-order valence-electron chi connectivity index (χ2n) is 2.40. The Morgan fingerprint density at radius 2 is 2.20 bits per heavy atom. The Labute approximate surface area is 62.9 Å². The Hall–Kier alpha value is -0.410. The fourth-order valence-electron chi connectivity index (χ4n) is 0.868. The molecule has 1 atom stereocenters. The predicted octanol–water partition coefficient (Wildman–Crippen LogP) is 1.83. The van der Waals surface area contributed by atoms with Crippen molar-refractivity contribution in [2.45, 2.75) is 19.8 Å². The first-order valence-electron chi connectivity index (χ1n) is 3.17. The van der Waals surface area contributed by atoms with Crippen molar-refractivity contribution < 1.29 is 8.76 Å². The van der Waals surface area contributed by atoms with Crippen molar-refractivity contribution in [3.05, 3.63) is 22.6 Å². The van der Waals surface area contributed by atoms with Gasteiger partial charge >= 0.3 is 0 Å². The largest absolute Gasteiger partial charge is 0.302 e. The van der Waals surface area contributed by atoms with Gasteiger partial charge in [0.25, 0.3) is 0 Å². The van der Waals surface area contributed by atoms with E-state index in [0.29, 0.717) is 4.91 Å². The SMILES string of the molecule is CC1=CC=C(S(=O)O)CC1. The van der Waals surface area contributed by atoms with E-state index in [1.807, 2.05) is 13.0 Å². The molecule has 1 unspecified atom stereocenters. The number of rotatable bonds is 1. The minimum Gasteiger partial charge on any atom is -0.302 e. The van der Waals surface area contributed by atoms with Crippen LogP contribution in [0.25, 0.3) is 0 Å². The highest BCUT2D eigenvalue weighted by molar-refractivity contribution is 7.83. The van der Waals surface area contributed by atoms with Crippen molar-refractivity contribution in [1.29, 1.82) is 0 Å². The monoisotopic (exact) mass is 158 g/mol. The van der Waals surface area contributed by atoms with Gasteiger partial charge in [0.2, 0.25) is 0 Å². The van der Waals surface area contributed by atoms with Crippen molar-refractivity contribution in [1.82, 2.24) is 0 Å². The van der Waals surface area contributed by atoms with Crippen LogP contribution in [-0.4, -0.2) is 8.76 Å². The van der Waals surface area contributed by atoms with Crippen LogP contribution in [0.15, 0.2) is 22.6 Å². The van der Waals surface area contributed by atoms with Gasteiger partial charge in [0.05, 0.1) is 0 Å². The molecule has 1 aliphatic carbocycles. The molecule has 1 N–H and O–H groups in total. The maximum absolute atomic E-state index is 10.5. The van der Waals surface area contributed by atoms with E-state index in [0.717, 1.165) is 12.8 Å². The quantitative estimate of drug-likeness (QED) is 0.591. The van der Waals surface area contributed by atoms with Crippen molar-refractivity contribution >= 4 is 11.1 Å². The van der Waals surface area contributed by atoms with Crippen LogP contribution in [0.2, 0.25) is 0 Å². The molecule has 0 spiro atoms. The molecule has 2 nitrogen and oxygen atoms in total. The van der Waals surface area contributed by atoms with E-state index in [1.165, 1.54) is 5.57 Å². The minimum atomic E-state index is -1.75. The Bertz CT molecular complexity index is 216. The summed E-state index contributed by atoms with van der Waals surface area (Å²) in [5.74, 6) is 0. The summed E-state index contributed by atoms with van der Waals surface area (Å²) in [4.78, 5) is 0.630. The lowest BCUT2D eigenvalue weighted by molar-refractivity contribution is 0.568. The lowest BCUT2D eigenvalue weighted by Gasteiger charge is -2.07. The molecule has 1 aliphatic rings. The molecule has 0 aromatic carbocycles. The summed E-state index contributed by atoms with van der Waals surface area (Å²) in [7, 11) is 0. The fourth-order valence-corrected chi connectivity index (χ4v) is 1.33. The van der Waals surface area contributed by atoms with Crippen LogP contribution in [-0.2, 0) is 11.1 Å². The fraction of sp³-hybridized carbons (Fsp3) is 0.429. The van der Waals surface area contributed by atoms with Crippen LogP contribution >= 0.6 is 0 Å². The van der Waals surface area contributed by atoms with Crippen LogP contribution in [0.3, 0.4) is 0 Å². The Kier molecular flexibility index (Phi) is 2.40. The molecular formula is C7H10O2S. The molecule has 0 aliphatic heterocycles. The minimum absolute atomic E-state index is 0.630. The number of hydrogen-bond donors (Lipinski definition) is 1. The summed E-state index contributed by atoms with van der Waals surface area (Å²) in [6.07, 6.45) is 5.27. The van der Waals surface area contributed by atoms with Crippen LogP contribution in [0.1, 0.15) is 19.8 Å². The molecule has 3 heteroatoms. The third-order valence-electron chi connectivity index (χ3n) is 1.54. The van der Waals surface area contributed by atoms with Gasteiger partial charge in [-0.05, 0) is 25.8 Å². The van der Waals surface area contributed by atoms with Gasteiger partial charge in [0.1, 0.15) is 0 Å². The summed E-state index contributed by atoms with van der Waals surface area (Å²) >= 11 is -1.75. The van der Waals surface area contributed by atoms with E-state index >= 15 is 0 Å². The average Bonchev–Trinajstić information content (AvgIpc) is 1.88. The van der Waals surface area contributed by atoms with E-state index in [1.54, 1.807) is 6.08 Å². The molecule has 0 aromatic rings. The highest BCUT2D eigenvalue weighted by atomic mass is 32.2. The molecular weight excluding hydrogens is 148 g/mol. The standard InChI is InChI=1S/C7H10O2S/c1-6-2-4-7(5-3-6)10(8)9/h2,4H,3,5H2,1H3,(H,8,9). The van der Waals surface area contributed by atoms with E-state index < -0.39 is 11.1 Å². The number of allylic oxidation sites excluding steroid dienone is 4. The van der Waals surface area contributed by atoms with E-state index in [2.05, 4.69) is 0 Å². The zero-order valence-electron chi connectivity index (χ0n) is 5.83. The maximum Gasteiger partial charge on any atom is 0.182 e. The summed E-state index contributed by atoms with van der Waals surface area (Å²) in [6, 6.07) is 0. The van der Waals surface area contributed by atoms with Gasteiger partial charge in [0.15, 0.2) is 11.1 Å². The zero-order chi connectivity index (χ0) is 7.56. The predicted molar refractivity (Wildman–Crippen MR) is 41.8 cm³/mol. The molecule has 0 bridgehead atoms. The highest BCUT2D eigenvalue weighted by Gasteiger charge is 2.06. The first-order valence-corrected chi connectivity index (χ1v) is 4.28. The normalized spacial score (nSPS) is 21.4. The second-order valence-corrected chi connectivity index (χ2v) is 3.42. The van der Waals surface area contributed by atoms with E-state index in [4.69, 9.17) is 4.55 Å².